The van der Waals surface area contributed by atoms with Crippen molar-refractivity contribution in [3.63, 3.8) is 0 Å². The van der Waals surface area contributed by atoms with Gasteiger partial charge in [-0.2, -0.15) is 0 Å². The van der Waals surface area contributed by atoms with E-state index in [-0.39, 0.29) is 5.78 Å². The molecule has 0 amide bonds. The number of hydrogen-bond acceptors (Lipinski definition) is 7. The smallest absolute Gasteiger partial charge is 0.328 e. The van der Waals surface area contributed by atoms with Crippen LogP contribution in [0.25, 0.3) is 10.8 Å². The summed E-state index contributed by atoms with van der Waals surface area (Å²) in [6.07, 6.45) is 7.21. The van der Waals surface area contributed by atoms with Gasteiger partial charge in [-0.25, -0.2) is 14.6 Å². The number of pyridine rings is 1. The van der Waals surface area contributed by atoms with Crippen LogP contribution in [0.15, 0.2) is 66.9 Å². The number of benzene rings is 2. The molecule has 2 N–H and O–H groups in total. The predicted molar refractivity (Wildman–Crippen MR) is 145 cm³/mol. The fraction of sp³-hybridized carbons (Fsp3) is 0.310. The molecule has 0 saturated carbocycles. The van der Waals surface area contributed by atoms with Gasteiger partial charge < -0.3 is 24.6 Å². The lowest BCUT2D eigenvalue weighted by Crippen LogP contribution is -2.12. The van der Waals surface area contributed by atoms with Crippen LogP contribution in [0.1, 0.15) is 41.6 Å². The molecule has 0 saturated heterocycles. The van der Waals surface area contributed by atoms with Gasteiger partial charge in [0.2, 0.25) is 5.88 Å². The maximum atomic E-state index is 13.1. The third-order valence-corrected chi connectivity index (χ3v) is 5.43. The highest BCUT2D eigenvalue weighted by Gasteiger charge is 2.16. The number of carboxylic acids is 2. The van der Waals surface area contributed by atoms with E-state index in [4.69, 9.17) is 19.7 Å². The summed E-state index contributed by atoms with van der Waals surface area (Å²) >= 11 is 0. The summed E-state index contributed by atoms with van der Waals surface area (Å²) in [5, 5.41) is 17.6. The fourth-order valence-corrected chi connectivity index (χ4v) is 3.52. The van der Waals surface area contributed by atoms with Crippen molar-refractivity contribution in [1.29, 1.82) is 0 Å². The summed E-state index contributed by atoms with van der Waals surface area (Å²) in [6.45, 7) is 1.68. The number of fused-ring (bicyclic) bond motifs is 1. The molecular weight excluding hydrogens is 488 g/mol. The average Bonchev–Trinajstić information content (AvgIpc) is 2.90. The summed E-state index contributed by atoms with van der Waals surface area (Å²) in [7, 11) is 5.83. The molecule has 38 heavy (non-hydrogen) atoms. The van der Waals surface area contributed by atoms with E-state index in [1.807, 2.05) is 36.4 Å². The molecule has 1 heterocycles. The minimum atomic E-state index is -1.26. The zero-order valence-electron chi connectivity index (χ0n) is 21.9. The second-order valence-corrected chi connectivity index (χ2v) is 8.69. The molecule has 9 heteroatoms. The highest BCUT2D eigenvalue weighted by Crippen LogP contribution is 2.25. The van der Waals surface area contributed by atoms with Crippen LogP contribution in [0, 0.1) is 0 Å². The van der Waals surface area contributed by atoms with Crippen molar-refractivity contribution in [3.05, 3.63) is 78.0 Å². The Morgan fingerprint density at radius 3 is 2.21 bits per heavy atom. The van der Waals surface area contributed by atoms with Crippen molar-refractivity contribution in [2.75, 3.05) is 34.4 Å². The van der Waals surface area contributed by atoms with Crippen molar-refractivity contribution in [2.45, 2.75) is 25.7 Å². The Hall–Kier alpha value is -4.24. The van der Waals surface area contributed by atoms with Gasteiger partial charge in [-0.15, -0.1) is 0 Å². The van der Waals surface area contributed by atoms with Gasteiger partial charge in [0.1, 0.15) is 5.75 Å². The number of carbonyl (C=O) groups is 3. The first-order valence-corrected chi connectivity index (χ1v) is 12.2. The number of unbranched alkanes of at least 4 members (excludes halogenated alkanes) is 3. The number of carboxylic acid groups (broad SMARTS) is 2. The van der Waals surface area contributed by atoms with Crippen molar-refractivity contribution >= 4 is 28.5 Å². The second-order valence-electron chi connectivity index (χ2n) is 8.69. The number of methoxy groups -OCH3 is 1. The topological polar surface area (TPSA) is 126 Å². The van der Waals surface area contributed by atoms with Gasteiger partial charge in [-0.3, -0.25) is 4.79 Å². The maximum Gasteiger partial charge on any atom is 0.328 e. The van der Waals surface area contributed by atoms with Gasteiger partial charge in [0.05, 0.1) is 19.3 Å². The van der Waals surface area contributed by atoms with Gasteiger partial charge in [0.25, 0.3) is 0 Å². The first-order chi connectivity index (χ1) is 18.2. The van der Waals surface area contributed by atoms with Gasteiger partial charge in [0, 0.05) is 23.9 Å². The largest absolute Gasteiger partial charge is 0.497 e. The lowest BCUT2D eigenvalue weighted by molar-refractivity contribution is -0.134. The molecule has 202 valence electrons. The third-order valence-electron chi connectivity index (χ3n) is 5.43. The Morgan fingerprint density at radius 2 is 1.55 bits per heavy atom. The molecule has 1 aromatic heterocycles. The first-order valence-electron chi connectivity index (χ1n) is 12.2. The van der Waals surface area contributed by atoms with Crippen LogP contribution in [0.4, 0.5) is 0 Å². The van der Waals surface area contributed by atoms with Crippen molar-refractivity contribution in [2.24, 2.45) is 0 Å². The minimum Gasteiger partial charge on any atom is -0.497 e. The number of rotatable bonds is 13. The highest BCUT2D eigenvalue weighted by atomic mass is 16.5. The van der Waals surface area contributed by atoms with Crippen LogP contribution < -0.4 is 9.47 Å². The molecule has 2 aromatic carbocycles. The Kier molecular flexibility index (Phi) is 12.5. The number of carbonyl (C=O) groups excluding carboxylic acids is 1. The number of aliphatic carboxylic acids is 2. The number of ether oxygens (including phenoxy) is 2. The van der Waals surface area contributed by atoms with Gasteiger partial charge in [-0.05, 0) is 74.6 Å². The Balaban J connectivity index is 0.000000550. The van der Waals surface area contributed by atoms with E-state index in [2.05, 4.69) is 24.0 Å². The van der Waals surface area contributed by atoms with Crippen LogP contribution in [-0.4, -0.2) is 72.2 Å². The Morgan fingerprint density at radius 1 is 0.895 bits per heavy atom. The lowest BCUT2D eigenvalue weighted by Gasteiger charge is -2.11. The molecule has 0 aliphatic rings. The number of hydrogen-bond donors (Lipinski definition) is 2. The Bertz CT molecular complexity index is 1240. The van der Waals surface area contributed by atoms with Crippen LogP contribution >= 0.6 is 0 Å². The quantitative estimate of drug-likeness (QED) is 0.187. The molecule has 0 aliphatic carbocycles. The number of aromatic nitrogens is 1. The predicted octanol–water partition coefficient (Wildman–Crippen LogP) is 4.69. The van der Waals surface area contributed by atoms with E-state index in [1.54, 1.807) is 25.4 Å². The first kappa shape index (κ1) is 30.0. The van der Waals surface area contributed by atoms with E-state index in [1.165, 1.54) is 12.8 Å². The van der Waals surface area contributed by atoms with E-state index >= 15 is 0 Å². The van der Waals surface area contributed by atoms with E-state index < -0.39 is 11.9 Å². The lowest BCUT2D eigenvalue weighted by atomic mass is 10.0. The van der Waals surface area contributed by atoms with Crippen LogP contribution in [0.3, 0.4) is 0 Å². The molecule has 0 spiro atoms. The standard InChI is InChI=1S/C25H30N2O3.C4H4O4/c1-27(2)15-6-4-5-7-16-30-25-23(9-8-14-26-25)24(28)21-11-10-20-18-22(29-3)13-12-19(20)17-21;5-3(6)1-2-4(7)8/h8-14,17-18H,4-7,15-16H2,1-3H3;1-2H,(H,5,6)(H,7,8). The molecule has 0 radical (unpaired) electrons. The summed E-state index contributed by atoms with van der Waals surface area (Å²) in [6, 6.07) is 15.0. The van der Waals surface area contributed by atoms with Crippen LogP contribution in [0.5, 0.6) is 11.6 Å². The average molecular weight is 523 g/mol. The number of ketones is 1. The summed E-state index contributed by atoms with van der Waals surface area (Å²) in [4.78, 5) is 38.7. The van der Waals surface area contributed by atoms with E-state index in [0.29, 0.717) is 35.8 Å². The molecule has 0 bridgehead atoms. The third kappa shape index (κ3) is 10.4. The summed E-state index contributed by atoms with van der Waals surface area (Å²) in [5.41, 5.74) is 1.12. The van der Waals surface area contributed by atoms with Crippen molar-refractivity contribution < 1.29 is 34.1 Å². The fourth-order valence-electron chi connectivity index (χ4n) is 3.52. The van der Waals surface area contributed by atoms with Crippen molar-refractivity contribution in [3.8, 4) is 11.6 Å². The minimum absolute atomic E-state index is 0.0817. The monoisotopic (exact) mass is 522 g/mol. The summed E-state index contributed by atoms with van der Waals surface area (Å²) < 4.78 is 11.1. The van der Waals surface area contributed by atoms with Gasteiger partial charge in [0.15, 0.2) is 5.78 Å². The molecule has 0 fully saturated rings. The molecule has 0 aliphatic heterocycles. The van der Waals surface area contributed by atoms with Gasteiger partial charge >= 0.3 is 11.9 Å². The molecule has 3 aromatic rings. The molecule has 3 rings (SSSR count). The molecule has 0 unspecified atom stereocenters. The molecular formula is C29H34N2O7. The van der Waals surface area contributed by atoms with Crippen LogP contribution in [-0.2, 0) is 9.59 Å². The number of nitrogens with zero attached hydrogens (tertiary/aromatic N) is 2. The van der Waals surface area contributed by atoms with Gasteiger partial charge in [-0.1, -0.05) is 31.0 Å². The van der Waals surface area contributed by atoms with Crippen LogP contribution in [0.2, 0.25) is 0 Å². The second kappa shape index (κ2) is 15.8. The maximum absolute atomic E-state index is 13.1. The Labute approximate surface area is 222 Å². The zero-order chi connectivity index (χ0) is 27.9. The highest BCUT2D eigenvalue weighted by molar-refractivity contribution is 6.12. The normalized spacial score (nSPS) is 10.7. The summed E-state index contributed by atoms with van der Waals surface area (Å²) in [5.74, 6) is -1.39. The SMILES string of the molecule is COc1ccc2cc(C(=O)c3cccnc3OCCCCCCN(C)C)ccc2c1.O=C(O)C=CC(=O)O. The molecule has 9 nitrogen and oxygen atoms in total. The van der Waals surface area contributed by atoms with E-state index in [0.717, 1.165) is 35.9 Å². The molecule has 0 atom stereocenters. The van der Waals surface area contributed by atoms with E-state index in [9.17, 15) is 14.4 Å². The van der Waals surface area contributed by atoms with Crippen molar-refractivity contribution in [1.82, 2.24) is 9.88 Å². The zero-order valence-corrected chi connectivity index (χ0v) is 21.9.